The first kappa shape index (κ1) is 21.9. The Kier molecular flexibility index (Phi) is 6.73. The molecule has 0 unspecified atom stereocenters. The van der Waals surface area contributed by atoms with Crippen LogP contribution in [0.4, 0.5) is 5.69 Å². The zero-order chi connectivity index (χ0) is 22.5. The van der Waals surface area contributed by atoms with E-state index >= 15 is 0 Å². The third-order valence-corrected chi connectivity index (χ3v) is 6.24. The SMILES string of the molecule is CC(C)c1ccc(/C=C/C(=O)NC(=S)Nc2ccccc2-c2nc3ccccc3s2)cc1. The molecule has 6 heteroatoms. The van der Waals surface area contributed by atoms with Gasteiger partial charge in [-0.1, -0.05) is 62.4 Å². The van der Waals surface area contributed by atoms with Crippen LogP contribution in [0.5, 0.6) is 0 Å². The van der Waals surface area contributed by atoms with Gasteiger partial charge in [0.05, 0.1) is 15.9 Å². The normalized spacial score (nSPS) is 11.2. The standard InChI is InChI=1S/C26H23N3OS2/c1-17(2)19-14-11-18(12-15-19)13-16-24(30)29-26(31)28-21-8-4-3-7-20(21)25-27-22-9-5-6-10-23(22)32-25/h3-17H,1-2H3,(H2,28,29,30,31)/b16-13+. The topological polar surface area (TPSA) is 54.0 Å². The van der Waals surface area contributed by atoms with Crippen LogP contribution in [0.2, 0.25) is 0 Å². The number of hydrogen-bond donors (Lipinski definition) is 2. The number of hydrogen-bond acceptors (Lipinski definition) is 4. The molecule has 1 heterocycles. The van der Waals surface area contributed by atoms with Gasteiger partial charge >= 0.3 is 0 Å². The zero-order valence-electron chi connectivity index (χ0n) is 17.8. The highest BCUT2D eigenvalue weighted by Gasteiger charge is 2.11. The Bertz CT molecular complexity index is 1260. The molecule has 0 fully saturated rings. The van der Waals surface area contributed by atoms with Gasteiger partial charge in [-0.2, -0.15) is 0 Å². The summed E-state index contributed by atoms with van der Waals surface area (Å²) in [6.07, 6.45) is 3.26. The van der Waals surface area contributed by atoms with Crippen LogP contribution in [0.1, 0.15) is 30.9 Å². The largest absolute Gasteiger partial charge is 0.332 e. The molecule has 1 amide bonds. The molecule has 0 saturated carbocycles. The highest BCUT2D eigenvalue weighted by molar-refractivity contribution is 7.80. The summed E-state index contributed by atoms with van der Waals surface area (Å²) in [6.45, 7) is 4.31. The number of nitrogens with one attached hydrogen (secondary N) is 2. The van der Waals surface area contributed by atoms with E-state index in [-0.39, 0.29) is 11.0 Å². The first-order valence-electron chi connectivity index (χ1n) is 10.3. The molecule has 1 aromatic heterocycles. The number of carbonyl (C=O) groups excluding carboxylic acids is 1. The fourth-order valence-electron chi connectivity index (χ4n) is 3.24. The van der Waals surface area contributed by atoms with Crippen molar-refractivity contribution >= 4 is 56.6 Å². The predicted octanol–water partition coefficient (Wildman–Crippen LogP) is 6.61. The van der Waals surface area contributed by atoms with Crippen LogP contribution in [0.3, 0.4) is 0 Å². The fraction of sp³-hybridized carbons (Fsp3) is 0.115. The van der Waals surface area contributed by atoms with Crippen molar-refractivity contribution in [2.75, 3.05) is 5.32 Å². The van der Waals surface area contributed by atoms with E-state index in [1.54, 1.807) is 17.4 Å². The molecule has 0 radical (unpaired) electrons. The van der Waals surface area contributed by atoms with Crippen molar-refractivity contribution in [1.29, 1.82) is 0 Å². The van der Waals surface area contributed by atoms with Gasteiger partial charge in [0.25, 0.3) is 0 Å². The van der Waals surface area contributed by atoms with Crippen LogP contribution in [0.15, 0.2) is 78.9 Å². The van der Waals surface area contributed by atoms with Crippen molar-refractivity contribution in [2.45, 2.75) is 19.8 Å². The Labute approximate surface area is 197 Å². The maximum atomic E-state index is 12.3. The number of para-hydroxylation sites is 2. The predicted molar refractivity (Wildman–Crippen MR) is 139 cm³/mol. The van der Waals surface area contributed by atoms with Gasteiger partial charge < -0.3 is 5.32 Å². The fourth-order valence-corrected chi connectivity index (χ4v) is 4.45. The van der Waals surface area contributed by atoms with Crippen LogP contribution in [-0.2, 0) is 4.79 Å². The van der Waals surface area contributed by atoms with Gasteiger partial charge in [-0.25, -0.2) is 4.98 Å². The highest BCUT2D eigenvalue weighted by Crippen LogP contribution is 2.34. The summed E-state index contributed by atoms with van der Waals surface area (Å²) in [5.41, 5.74) is 4.93. The third kappa shape index (κ3) is 5.28. The van der Waals surface area contributed by atoms with Gasteiger partial charge in [0.1, 0.15) is 5.01 Å². The van der Waals surface area contributed by atoms with Gasteiger partial charge in [-0.05, 0) is 59.6 Å². The smallest absolute Gasteiger partial charge is 0.250 e. The molecule has 0 aliphatic rings. The molecule has 160 valence electrons. The van der Waals surface area contributed by atoms with E-state index in [1.807, 2.05) is 54.6 Å². The van der Waals surface area contributed by atoms with Gasteiger partial charge in [-0.3, -0.25) is 10.1 Å². The quantitative estimate of drug-likeness (QED) is 0.261. The second-order valence-corrected chi connectivity index (χ2v) is 9.07. The lowest BCUT2D eigenvalue weighted by molar-refractivity contribution is -0.115. The molecule has 4 nitrogen and oxygen atoms in total. The molecule has 0 saturated heterocycles. The third-order valence-electron chi connectivity index (χ3n) is 4.97. The summed E-state index contributed by atoms with van der Waals surface area (Å²) in [6, 6.07) is 24.0. The van der Waals surface area contributed by atoms with E-state index in [4.69, 9.17) is 17.2 Å². The summed E-state index contributed by atoms with van der Waals surface area (Å²) >= 11 is 6.99. The first-order valence-corrected chi connectivity index (χ1v) is 11.6. The molecule has 2 N–H and O–H groups in total. The van der Waals surface area contributed by atoms with Crippen LogP contribution >= 0.6 is 23.6 Å². The van der Waals surface area contributed by atoms with Gasteiger partial charge in [-0.15, -0.1) is 11.3 Å². The molecule has 0 atom stereocenters. The number of nitrogens with zero attached hydrogens (tertiary/aromatic N) is 1. The van der Waals surface area contributed by atoms with E-state index in [9.17, 15) is 4.79 Å². The Morgan fingerprint density at radius 2 is 1.72 bits per heavy atom. The Balaban J connectivity index is 1.42. The van der Waals surface area contributed by atoms with Crippen molar-refractivity contribution in [1.82, 2.24) is 10.3 Å². The highest BCUT2D eigenvalue weighted by atomic mass is 32.1. The average molecular weight is 458 g/mol. The van der Waals surface area contributed by atoms with Crippen LogP contribution in [0, 0.1) is 0 Å². The minimum absolute atomic E-state index is 0.239. The van der Waals surface area contributed by atoms with Crippen molar-refractivity contribution in [3.05, 3.63) is 90.0 Å². The second kappa shape index (κ2) is 9.85. The number of benzene rings is 3. The van der Waals surface area contributed by atoms with Crippen LogP contribution in [0.25, 0.3) is 26.9 Å². The van der Waals surface area contributed by atoms with E-state index < -0.39 is 0 Å². The van der Waals surface area contributed by atoms with Crippen molar-refractivity contribution in [3.63, 3.8) is 0 Å². The lowest BCUT2D eigenvalue weighted by Gasteiger charge is -2.11. The van der Waals surface area contributed by atoms with Crippen molar-refractivity contribution in [2.24, 2.45) is 0 Å². The minimum Gasteiger partial charge on any atom is -0.332 e. The van der Waals surface area contributed by atoms with E-state index in [1.165, 1.54) is 11.6 Å². The van der Waals surface area contributed by atoms with Gasteiger partial charge in [0, 0.05) is 11.6 Å². The van der Waals surface area contributed by atoms with Gasteiger partial charge in [0.2, 0.25) is 5.91 Å². The molecule has 0 aliphatic carbocycles. The lowest BCUT2D eigenvalue weighted by atomic mass is 10.0. The number of aromatic nitrogens is 1. The van der Waals surface area contributed by atoms with E-state index in [0.717, 1.165) is 32.0 Å². The number of carbonyl (C=O) groups is 1. The molecule has 4 aromatic rings. The molecular weight excluding hydrogens is 434 g/mol. The lowest BCUT2D eigenvalue weighted by Crippen LogP contribution is -2.32. The maximum absolute atomic E-state index is 12.3. The molecule has 0 aliphatic heterocycles. The summed E-state index contributed by atoms with van der Waals surface area (Å²) < 4.78 is 1.12. The summed E-state index contributed by atoms with van der Waals surface area (Å²) in [5, 5.41) is 6.98. The molecule has 32 heavy (non-hydrogen) atoms. The number of fused-ring (bicyclic) bond motifs is 1. The summed E-state index contributed by atoms with van der Waals surface area (Å²) in [4.78, 5) is 17.1. The minimum atomic E-state index is -0.284. The van der Waals surface area contributed by atoms with Crippen LogP contribution < -0.4 is 10.6 Å². The number of anilines is 1. The number of thiazole rings is 1. The van der Waals surface area contributed by atoms with E-state index in [2.05, 4.69) is 42.7 Å². The molecular formula is C26H23N3OS2. The maximum Gasteiger partial charge on any atom is 0.250 e. The second-order valence-electron chi connectivity index (χ2n) is 7.63. The van der Waals surface area contributed by atoms with Crippen molar-refractivity contribution < 1.29 is 4.79 Å². The van der Waals surface area contributed by atoms with Crippen molar-refractivity contribution in [3.8, 4) is 10.6 Å². The molecule has 0 spiro atoms. The molecule has 4 rings (SSSR count). The van der Waals surface area contributed by atoms with Crippen LogP contribution in [-0.4, -0.2) is 16.0 Å². The number of thiocarbonyl (C=S) groups is 1. The Morgan fingerprint density at radius 3 is 2.47 bits per heavy atom. The Morgan fingerprint density at radius 1 is 1.00 bits per heavy atom. The summed E-state index contributed by atoms with van der Waals surface area (Å²) in [5.74, 6) is 0.193. The molecule has 3 aromatic carbocycles. The zero-order valence-corrected chi connectivity index (χ0v) is 19.5. The summed E-state index contributed by atoms with van der Waals surface area (Å²) in [7, 11) is 0. The average Bonchev–Trinajstić information content (AvgIpc) is 3.22. The number of amides is 1. The van der Waals surface area contributed by atoms with Gasteiger partial charge in [0.15, 0.2) is 5.11 Å². The number of rotatable bonds is 5. The Hall–Kier alpha value is -3.35. The first-order chi connectivity index (χ1) is 15.5. The van der Waals surface area contributed by atoms with E-state index in [0.29, 0.717) is 5.92 Å². The molecule has 0 bridgehead atoms. The monoisotopic (exact) mass is 457 g/mol.